The summed E-state index contributed by atoms with van der Waals surface area (Å²) in [5.74, 6) is 3.94. The molecular weight excluding hydrogens is 355 g/mol. The molecule has 0 amide bonds. The van der Waals surface area contributed by atoms with E-state index in [2.05, 4.69) is 53.8 Å². The Balaban J connectivity index is 1.53. The highest BCUT2D eigenvalue weighted by Gasteiger charge is 2.30. The highest BCUT2D eigenvalue weighted by atomic mass is 127. The quantitative estimate of drug-likeness (QED) is 0.520. The summed E-state index contributed by atoms with van der Waals surface area (Å²) in [6.45, 7) is 2.43. The van der Waals surface area contributed by atoms with Crippen molar-refractivity contribution in [3.8, 4) is 0 Å². The molecule has 0 spiro atoms. The minimum atomic E-state index is 0.839. The number of hydrogen-bond acceptors (Lipinski definition) is 0. The first-order valence-corrected chi connectivity index (χ1v) is 9.55. The zero-order valence-electron chi connectivity index (χ0n) is 12.7. The topological polar surface area (TPSA) is 0 Å². The Bertz CT molecular complexity index is 406. The van der Waals surface area contributed by atoms with Gasteiger partial charge in [0.05, 0.1) is 0 Å². The van der Waals surface area contributed by atoms with Crippen LogP contribution in [-0.4, -0.2) is 0 Å². The highest BCUT2D eigenvalue weighted by Crippen LogP contribution is 2.43. The zero-order valence-corrected chi connectivity index (χ0v) is 14.8. The molecule has 110 valence electrons. The lowest BCUT2D eigenvalue weighted by Crippen LogP contribution is -2.24. The molecule has 2 aliphatic rings. The SMILES string of the molecule is CC1CCC(C2CCC(c3ccc(I)cc3)CC2)CC1. The van der Waals surface area contributed by atoms with Crippen molar-refractivity contribution < 1.29 is 0 Å². The van der Waals surface area contributed by atoms with Gasteiger partial charge in [0.1, 0.15) is 0 Å². The Morgan fingerprint density at radius 3 is 1.80 bits per heavy atom. The van der Waals surface area contributed by atoms with Gasteiger partial charge in [-0.3, -0.25) is 0 Å². The normalized spacial score (nSPS) is 34.9. The average Bonchev–Trinajstić information content (AvgIpc) is 2.49. The first kappa shape index (κ1) is 14.9. The molecular formula is C19H27I. The van der Waals surface area contributed by atoms with E-state index in [0.29, 0.717) is 0 Å². The van der Waals surface area contributed by atoms with E-state index < -0.39 is 0 Å². The van der Waals surface area contributed by atoms with Crippen LogP contribution < -0.4 is 0 Å². The van der Waals surface area contributed by atoms with Crippen molar-refractivity contribution in [2.75, 3.05) is 0 Å². The van der Waals surface area contributed by atoms with Gasteiger partial charge in [-0.15, -0.1) is 0 Å². The molecule has 20 heavy (non-hydrogen) atoms. The van der Waals surface area contributed by atoms with Crippen LogP contribution in [-0.2, 0) is 0 Å². The molecule has 2 aliphatic carbocycles. The molecule has 0 radical (unpaired) electrons. The van der Waals surface area contributed by atoms with Gasteiger partial charge in [0.15, 0.2) is 0 Å². The van der Waals surface area contributed by atoms with E-state index >= 15 is 0 Å². The Morgan fingerprint density at radius 2 is 1.25 bits per heavy atom. The molecule has 0 nitrogen and oxygen atoms in total. The van der Waals surface area contributed by atoms with Crippen LogP contribution in [0.2, 0.25) is 0 Å². The molecule has 0 N–H and O–H groups in total. The Morgan fingerprint density at radius 1 is 0.750 bits per heavy atom. The summed E-state index contributed by atoms with van der Waals surface area (Å²) in [6.07, 6.45) is 11.8. The number of rotatable bonds is 2. The van der Waals surface area contributed by atoms with Gasteiger partial charge in [0.25, 0.3) is 0 Å². The maximum absolute atomic E-state index is 2.43. The van der Waals surface area contributed by atoms with Crippen molar-refractivity contribution in [1.29, 1.82) is 0 Å². The van der Waals surface area contributed by atoms with Gasteiger partial charge in [-0.2, -0.15) is 0 Å². The van der Waals surface area contributed by atoms with Crippen LogP contribution >= 0.6 is 22.6 Å². The first-order chi connectivity index (χ1) is 9.72. The van der Waals surface area contributed by atoms with Gasteiger partial charge in [-0.25, -0.2) is 0 Å². The molecule has 0 aromatic heterocycles. The molecule has 1 heteroatoms. The Labute approximate surface area is 137 Å². The van der Waals surface area contributed by atoms with E-state index in [1.54, 1.807) is 5.56 Å². The molecule has 0 bridgehead atoms. The molecule has 1 aromatic rings. The largest absolute Gasteiger partial charge is 0.0625 e. The lowest BCUT2D eigenvalue weighted by Gasteiger charge is -2.37. The fourth-order valence-electron chi connectivity index (χ4n) is 4.42. The van der Waals surface area contributed by atoms with Gasteiger partial charge < -0.3 is 0 Å². The van der Waals surface area contributed by atoms with E-state index in [0.717, 1.165) is 23.7 Å². The van der Waals surface area contributed by atoms with Gasteiger partial charge >= 0.3 is 0 Å². The zero-order chi connectivity index (χ0) is 13.9. The number of benzene rings is 1. The van der Waals surface area contributed by atoms with E-state index in [1.807, 2.05) is 0 Å². The van der Waals surface area contributed by atoms with Crippen LogP contribution in [0.4, 0.5) is 0 Å². The van der Waals surface area contributed by atoms with E-state index in [4.69, 9.17) is 0 Å². The molecule has 0 saturated heterocycles. The highest BCUT2D eigenvalue weighted by molar-refractivity contribution is 14.1. The predicted octanol–water partition coefficient (Wildman–Crippen LogP) is 6.39. The number of halogens is 1. The van der Waals surface area contributed by atoms with E-state index in [-0.39, 0.29) is 0 Å². The second-order valence-electron chi connectivity index (χ2n) is 7.18. The van der Waals surface area contributed by atoms with Crippen molar-refractivity contribution in [3.63, 3.8) is 0 Å². The van der Waals surface area contributed by atoms with E-state index in [9.17, 15) is 0 Å². The van der Waals surface area contributed by atoms with Crippen molar-refractivity contribution in [2.24, 2.45) is 17.8 Å². The van der Waals surface area contributed by atoms with Gasteiger partial charge in [-0.05, 0) is 102 Å². The van der Waals surface area contributed by atoms with Gasteiger partial charge in [0.2, 0.25) is 0 Å². The van der Waals surface area contributed by atoms with Crippen LogP contribution in [0, 0.1) is 21.3 Å². The lowest BCUT2D eigenvalue weighted by atomic mass is 9.68. The molecule has 2 fully saturated rings. The monoisotopic (exact) mass is 382 g/mol. The van der Waals surface area contributed by atoms with Crippen molar-refractivity contribution in [2.45, 2.75) is 64.2 Å². The van der Waals surface area contributed by atoms with Crippen molar-refractivity contribution >= 4 is 22.6 Å². The van der Waals surface area contributed by atoms with Crippen LogP contribution in [0.1, 0.15) is 69.8 Å². The summed E-state index contributed by atoms with van der Waals surface area (Å²) in [7, 11) is 0. The lowest BCUT2D eigenvalue weighted by molar-refractivity contribution is 0.165. The molecule has 0 aliphatic heterocycles. The molecule has 2 saturated carbocycles. The third-order valence-corrected chi connectivity index (χ3v) is 6.56. The molecule has 0 unspecified atom stereocenters. The fraction of sp³-hybridized carbons (Fsp3) is 0.684. The smallest absolute Gasteiger partial charge is 0.0130 e. The van der Waals surface area contributed by atoms with Gasteiger partial charge in [-0.1, -0.05) is 31.9 Å². The van der Waals surface area contributed by atoms with Crippen molar-refractivity contribution in [1.82, 2.24) is 0 Å². The Kier molecular flexibility index (Phi) is 5.06. The standard InChI is InChI=1S/C19H27I/c1-14-2-4-15(5-3-14)16-6-8-17(9-7-16)18-10-12-19(20)13-11-18/h10-17H,2-9H2,1H3. The summed E-state index contributed by atoms with van der Waals surface area (Å²) in [5, 5.41) is 0. The molecule has 1 aromatic carbocycles. The first-order valence-electron chi connectivity index (χ1n) is 8.48. The maximum Gasteiger partial charge on any atom is 0.0130 e. The van der Waals surface area contributed by atoms with Crippen LogP contribution in [0.3, 0.4) is 0 Å². The summed E-state index contributed by atoms with van der Waals surface area (Å²) in [6, 6.07) is 9.25. The summed E-state index contributed by atoms with van der Waals surface area (Å²) < 4.78 is 1.36. The summed E-state index contributed by atoms with van der Waals surface area (Å²) in [4.78, 5) is 0. The van der Waals surface area contributed by atoms with E-state index in [1.165, 1.54) is 54.9 Å². The maximum atomic E-state index is 2.43. The predicted molar refractivity (Wildman–Crippen MR) is 95.0 cm³/mol. The minimum absolute atomic E-state index is 0.839. The number of hydrogen-bond donors (Lipinski definition) is 0. The van der Waals surface area contributed by atoms with Crippen molar-refractivity contribution in [3.05, 3.63) is 33.4 Å². The van der Waals surface area contributed by atoms with Gasteiger partial charge in [0, 0.05) is 3.57 Å². The van der Waals surface area contributed by atoms with Crippen LogP contribution in [0.25, 0.3) is 0 Å². The summed E-state index contributed by atoms with van der Waals surface area (Å²) >= 11 is 2.40. The Hall–Kier alpha value is -0.0500. The average molecular weight is 382 g/mol. The fourth-order valence-corrected chi connectivity index (χ4v) is 4.78. The second kappa shape index (κ2) is 6.81. The second-order valence-corrected chi connectivity index (χ2v) is 8.43. The summed E-state index contributed by atoms with van der Waals surface area (Å²) in [5.41, 5.74) is 1.58. The minimum Gasteiger partial charge on any atom is -0.0625 e. The van der Waals surface area contributed by atoms with Crippen LogP contribution in [0.5, 0.6) is 0 Å². The molecule has 0 heterocycles. The van der Waals surface area contributed by atoms with Crippen LogP contribution in [0.15, 0.2) is 24.3 Å². The molecule has 3 rings (SSSR count). The molecule has 0 atom stereocenters. The third-order valence-electron chi connectivity index (χ3n) is 5.84. The third kappa shape index (κ3) is 3.58.